The Morgan fingerprint density at radius 3 is 2.14 bits per heavy atom. The maximum Gasteiger partial charge on any atom is 0.134 e. The maximum atomic E-state index is 5.97. The van der Waals surface area contributed by atoms with Gasteiger partial charge in [-0.05, 0) is 71.5 Å². The summed E-state index contributed by atoms with van der Waals surface area (Å²) in [6.07, 6.45) is 7.72. The van der Waals surface area contributed by atoms with Gasteiger partial charge >= 0.3 is 0 Å². The minimum absolute atomic E-state index is 0.765. The summed E-state index contributed by atoms with van der Waals surface area (Å²) in [7, 11) is 0. The molecule has 0 fully saturated rings. The first-order valence-electron chi connectivity index (χ1n) is 8.41. The van der Waals surface area contributed by atoms with E-state index < -0.39 is 0 Å². The fourth-order valence-corrected chi connectivity index (χ4v) is 2.76. The number of thiol groups is 1. The van der Waals surface area contributed by atoms with Crippen LogP contribution in [0, 0.1) is 0 Å². The maximum absolute atomic E-state index is 5.97. The van der Waals surface area contributed by atoms with Crippen molar-refractivity contribution in [1.82, 2.24) is 0 Å². The number of halogens is 1. The SMILES string of the molecule is CCCCOc1cc(CCCCS)c(OCCCC)cc1Br. The monoisotopic (exact) mass is 388 g/mol. The van der Waals surface area contributed by atoms with Gasteiger partial charge in [0, 0.05) is 0 Å². The van der Waals surface area contributed by atoms with E-state index >= 15 is 0 Å². The quantitative estimate of drug-likeness (QED) is 0.346. The van der Waals surface area contributed by atoms with E-state index in [-0.39, 0.29) is 0 Å². The van der Waals surface area contributed by atoms with E-state index in [0.717, 1.165) is 79.9 Å². The molecule has 0 atom stereocenters. The van der Waals surface area contributed by atoms with Gasteiger partial charge in [-0.2, -0.15) is 12.6 Å². The Hall–Kier alpha value is -0.350. The fraction of sp³-hybridized carbons (Fsp3) is 0.667. The molecule has 0 aromatic heterocycles. The zero-order valence-corrected chi connectivity index (χ0v) is 16.3. The van der Waals surface area contributed by atoms with Gasteiger partial charge in [-0.25, -0.2) is 0 Å². The second-order valence-electron chi connectivity index (χ2n) is 5.48. The van der Waals surface area contributed by atoms with E-state index in [1.807, 2.05) is 0 Å². The van der Waals surface area contributed by atoms with Crippen LogP contribution in [0.25, 0.3) is 0 Å². The Balaban J connectivity index is 2.80. The second-order valence-corrected chi connectivity index (χ2v) is 6.78. The lowest BCUT2D eigenvalue weighted by molar-refractivity contribution is 0.296. The number of benzene rings is 1. The highest BCUT2D eigenvalue weighted by Crippen LogP contribution is 2.34. The molecule has 0 aliphatic heterocycles. The molecule has 0 heterocycles. The third-order valence-corrected chi connectivity index (χ3v) is 4.42. The predicted molar refractivity (Wildman–Crippen MR) is 102 cm³/mol. The van der Waals surface area contributed by atoms with Gasteiger partial charge < -0.3 is 9.47 Å². The van der Waals surface area contributed by atoms with Crippen LogP contribution in [0.15, 0.2) is 16.6 Å². The van der Waals surface area contributed by atoms with Crippen LogP contribution in [0.1, 0.15) is 57.9 Å². The summed E-state index contributed by atoms with van der Waals surface area (Å²) in [5.74, 6) is 2.85. The Labute approximate surface area is 149 Å². The summed E-state index contributed by atoms with van der Waals surface area (Å²) in [6.45, 7) is 5.89. The number of unbranched alkanes of at least 4 members (excludes halogenated alkanes) is 3. The lowest BCUT2D eigenvalue weighted by atomic mass is 10.1. The molecule has 1 aromatic rings. The summed E-state index contributed by atoms with van der Waals surface area (Å²) < 4.78 is 12.8. The van der Waals surface area contributed by atoms with Crippen LogP contribution in [0.4, 0.5) is 0 Å². The van der Waals surface area contributed by atoms with Crippen LogP contribution in [-0.4, -0.2) is 19.0 Å². The van der Waals surface area contributed by atoms with Crippen LogP contribution >= 0.6 is 28.6 Å². The van der Waals surface area contributed by atoms with Crippen molar-refractivity contribution in [3.63, 3.8) is 0 Å². The molecule has 0 radical (unpaired) electrons. The first-order chi connectivity index (χ1) is 10.7. The molecule has 22 heavy (non-hydrogen) atoms. The third-order valence-electron chi connectivity index (χ3n) is 3.48. The first-order valence-corrected chi connectivity index (χ1v) is 9.84. The van der Waals surface area contributed by atoms with Crippen molar-refractivity contribution in [2.45, 2.75) is 58.8 Å². The summed E-state index contributed by atoms with van der Waals surface area (Å²) in [5.41, 5.74) is 1.24. The van der Waals surface area contributed by atoms with Crippen molar-refractivity contribution >= 4 is 28.6 Å². The van der Waals surface area contributed by atoms with Crippen molar-refractivity contribution in [2.24, 2.45) is 0 Å². The largest absolute Gasteiger partial charge is 0.493 e. The van der Waals surface area contributed by atoms with Crippen LogP contribution in [-0.2, 0) is 6.42 Å². The molecule has 0 saturated carbocycles. The molecule has 126 valence electrons. The van der Waals surface area contributed by atoms with Crippen molar-refractivity contribution in [1.29, 1.82) is 0 Å². The van der Waals surface area contributed by atoms with Crippen molar-refractivity contribution in [2.75, 3.05) is 19.0 Å². The average Bonchev–Trinajstić information content (AvgIpc) is 2.51. The average molecular weight is 389 g/mol. The molecular formula is C18H29BrO2S. The molecule has 4 heteroatoms. The lowest BCUT2D eigenvalue weighted by Crippen LogP contribution is -2.03. The van der Waals surface area contributed by atoms with Crippen LogP contribution < -0.4 is 9.47 Å². The van der Waals surface area contributed by atoms with Gasteiger partial charge in [0.25, 0.3) is 0 Å². The second kappa shape index (κ2) is 12.1. The molecule has 0 bridgehead atoms. The Morgan fingerprint density at radius 1 is 0.909 bits per heavy atom. The molecule has 2 nitrogen and oxygen atoms in total. The van der Waals surface area contributed by atoms with E-state index in [0.29, 0.717) is 0 Å². The Kier molecular flexibility index (Phi) is 10.9. The van der Waals surface area contributed by atoms with Gasteiger partial charge in [0.1, 0.15) is 11.5 Å². The number of hydrogen-bond donors (Lipinski definition) is 1. The van der Waals surface area contributed by atoms with Gasteiger partial charge in [0.05, 0.1) is 17.7 Å². The predicted octanol–water partition coefficient (Wildman–Crippen LogP) is 6.06. The topological polar surface area (TPSA) is 18.5 Å². The molecule has 0 N–H and O–H groups in total. The molecule has 0 aliphatic carbocycles. The number of hydrogen-bond acceptors (Lipinski definition) is 3. The van der Waals surface area contributed by atoms with E-state index in [9.17, 15) is 0 Å². The standard InChI is InChI=1S/C18H29BrO2S/c1-3-5-10-20-17-14-16(19)18(21-11-6-4-2)13-15(17)9-7-8-12-22/h13-14,22H,3-12H2,1-2H3. The van der Waals surface area contributed by atoms with Gasteiger partial charge in [-0.1, -0.05) is 26.7 Å². The zero-order valence-electron chi connectivity index (χ0n) is 13.9. The molecular weight excluding hydrogens is 360 g/mol. The Morgan fingerprint density at radius 2 is 1.55 bits per heavy atom. The lowest BCUT2D eigenvalue weighted by Gasteiger charge is -2.15. The van der Waals surface area contributed by atoms with Gasteiger partial charge in [0.15, 0.2) is 0 Å². The summed E-state index contributed by atoms with van der Waals surface area (Å²) in [4.78, 5) is 0. The number of ether oxygens (including phenoxy) is 2. The van der Waals surface area contributed by atoms with E-state index in [1.54, 1.807) is 0 Å². The van der Waals surface area contributed by atoms with Gasteiger partial charge in [-0.15, -0.1) is 0 Å². The molecule has 1 aromatic carbocycles. The van der Waals surface area contributed by atoms with E-state index in [4.69, 9.17) is 9.47 Å². The summed E-state index contributed by atoms with van der Waals surface area (Å²) in [5, 5.41) is 0. The van der Waals surface area contributed by atoms with Crippen molar-refractivity contribution in [3.8, 4) is 11.5 Å². The normalized spacial score (nSPS) is 10.7. The molecule has 0 aliphatic rings. The molecule has 0 unspecified atom stereocenters. The summed E-state index contributed by atoms with van der Waals surface area (Å²) >= 11 is 7.90. The van der Waals surface area contributed by atoms with Gasteiger partial charge in [-0.3, -0.25) is 0 Å². The molecule has 0 spiro atoms. The smallest absolute Gasteiger partial charge is 0.134 e. The van der Waals surface area contributed by atoms with Crippen LogP contribution in [0.5, 0.6) is 11.5 Å². The Bertz CT molecular complexity index is 424. The minimum Gasteiger partial charge on any atom is -0.493 e. The fourth-order valence-electron chi connectivity index (χ4n) is 2.10. The van der Waals surface area contributed by atoms with Crippen LogP contribution in [0.2, 0.25) is 0 Å². The molecule has 1 rings (SSSR count). The zero-order chi connectivity index (χ0) is 16.2. The van der Waals surface area contributed by atoms with Crippen LogP contribution in [0.3, 0.4) is 0 Å². The molecule has 0 amide bonds. The highest BCUT2D eigenvalue weighted by molar-refractivity contribution is 9.10. The van der Waals surface area contributed by atoms with Crippen molar-refractivity contribution < 1.29 is 9.47 Å². The van der Waals surface area contributed by atoms with Crippen molar-refractivity contribution in [3.05, 3.63) is 22.2 Å². The highest BCUT2D eigenvalue weighted by Gasteiger charge is 2.11. The minimum atomic E-state index is 0.765. The third kappa shape index (κ3) is 7.28. The molecule has 0 saturated heterocycles. The summed E-state index contributed by atoms with van der Waals surface area (Å²) in [6, 6.07) is 4.20. The highest BCUT2D eigenvalue weighted by atomic mass is 79.9. The first kappa shape index (κ1) is 19.7. The van der Waals surface area contributed by atoms with E-state index in [2.05, 4.69) is 54.5 Å². The van der Waals surface area contributed by atoms with E-state index in [1.165, 1.54) is 5.56 Å². The van der Waals surface area contributed by atoms with Gasteiger partial charge in [0.2, 0.25) is 0 Å². The number of rotatable bonds is 12. The number of aryl methyl sites for hydroxylation is 1.